The van der Waals surface area contributed by atoms with Gasteiger partial charge in [0.25, 0.3) is 5.91 Å². The van der Waals surface area contributed by atoms with Gasteiger partial charge >= 0.3 is 0 Å². The average molecular weight is 357 g/mol. The van der Waals surface area contributed by atoms with Gasteiger partial charge in [-0.25, -0.2) is 0 Å². The van der Waals surface area contributed by atoms with Gasteiger partial charge in [0.05, 0.1) is 5.70 Å². The summed E-state index contributed by atoms with van der Waals surface area (Å²) in [5.41, 5.74) is 11.7. The standard InChI is InChI=1S/C20H21ClN2O2/c1-13-10-14(2)17-4-3-5-19(18(17)11-13)22-23-20(24)12-25-16-8-6-15(21)7-9-16/h5-11,22H,3-4,12H2,1-2H3,(H,23,24). The predicted octanol–water partition coefficient (Wildman–Crippen LogP) is 3.94. The number of amides is 1. The lowest BCUT2D eigenvalue weighted by Crippen LogP contribution is -2.39. The number of allylic oxidation sites excluding steroid dienone is 1. The van der Waals surface area contributed by atoms with Gasteiger partial charge in [-0.15, -0.1) is 0 Å². The van der Waals surface area contributed by atoms with Crippen molar-refractivity contribution in [3.05, 3.63) is 69.8 Å². The lowest BCUT2D eigenvalue weighted by atomic mass is 9.89. The average Bonchev–Trinajstić information content (AvgIpc) is 2.59. The Kier molecular flexibility index (Phi) is 5.29. The van der Waals surface area contributed by atoms with Crippen LogP contribution in [0.5, 0.6) is 5.75 Å². The molecule has 1 aliphatic rings. The van der Waals surface area contributed by atoms with E-state index in [-0.39, 0.29) is 12.5 Å². The number of carbonyl (C=O) groups is 1. The highest BCUT2D eigenvalue weighted by Crippen LogP contribution is 2.28. The van der Waals surface area contributed by atoms with Gasteiger partial charge in [-0.05, 0) is 68.1 Å². The van der Waals surface area contributed by atoms with Crippen LogP contribution in [0.25, 0.3) is 5.70 Å². The van der Waals surface area contributed by atoms with Crippen LogP contribution in [0.2, 0.25) is 5.02 Å². The molecule has 0 aromatic heterocycles. The van der Waals surface area contributed by atoms with E-state index in [9.17, 15) is 4.79 Å². The molecular formula is C20H21ClN2O2. The summed E-state index contributed by atoms with van der Waals surface area (Å²) in [5, 5.41) is 0.631. The third-order valence-corrected chi connectivity index (χ3v) is 4.42. The molecule has 0 unspecified atom stereocenters. The Morgan fingerprint density at radius 3 is 2.72 bits per heavy atom. The quantitative estimate of drug-likeness (QED) is 0.798. The molecule has 4 nitrogen and oxygen atoms in total. The summed E-state index contributed by atoms with van der Waals surface area (Å²) in [6.07, 6.45) is 4.10. The number of benzene rings is 2. The molecule has 0 saturated carbocycles. The summed E-state index contributed by atoms with van der Waals surface area (Å²) in [7, 11) is 0. The molecular weight excluding hydrogens is 336 g/mol. The minimum Gasteiger partial charge on any atom is -0.484 e. The predicted molar refractivity (Wildman–Crippen MR) is 100 cm³/mol. The van der Waals surface area contributed by atoms with E-state index in [1.54, 1.807) is 24.3 Å². The van der Waals surface area contributed by atoms with Crippen LogP contribution in [0.3, 0.4) is 0 Å². The van der Waals surface area contributed by atoms with E-state index in [4.69, 9.17) is 16.3 Å². The molecule has 0 atom stereocenters. The van der Waals surface area contributed by atoms with Crippen molar-refractivity contribution in [3.8, 4) is 5.75 Å². The molecule has 0 saturated heterocycles. The molecule has 1 amide bonds. The van der Waals surface area contributed by atoms with Crippen molar-refractivity contribution >= 4 is 23.2 Å². The lowest BCUT2D eigenvalue weighted by molar-refractivity contribution is -0.123. The maximum absolute atomic E-state index is 12.0. The zero-order valence-electron chi connectivity index (χ0n) is 14.4. The highest BCUT2D eigenvalue weighted by atomic mass is 35.5. The number of ether oxygens (including phenoxy) is 1. The van der Waals surface area contributed by atoms with Crippen LogP contribution in [0.4, 0.5) is 0 Å². The largest absolute Gasteiger partial charge is 0.484 e. The Hall–Kier alpha value is -2.46. The number of rotatable bonds is 5. The molecule has 2 aromatic rings. The second-order valence-corrected chi connectivity index (χ2v) is 6.62. The van der Waals surface area contributed by atoms with Gasteiger partial charge in [-0.1, -0.05) is 29.3 Å². The highest BCUT2D eigenvalue weighted by molar-refractivity contribution is 6.30. The molecule has 25 heavy (non-hydrogen) atoms. The SMILES string of the molecule is Cc1cc(C)c2c(c1)C(NNC(=O)COc1ccc(Cl)cc1)=CCC2. The van der Waals surface area contributed by atoms with Gasteiger partial charge in [0.1, 0.15) is 5.75 Å². The topological polar surface area (TPSA) is 50.4 Å². The van der Waals surface area contributed by atoms with E-state index >= 15 is 0 Å². The Labute approximate surface area is 152 Å². The van der Waals surface area contributed by atoms with Crippen LogP contribution >= 0.6 is 11.6 Å². The molecule has 2 aromatic carbocycles. The molecule has 0 spiro atoms. The third kappa shape index (κ3) is 4.34. The first kappa shape index (κ1) is 17.4. The van der Waals surface area contributed by atoms with Gasteiger partial charge in [0.2, 0.25) is 0 Å². The fourth-order valence-electron chi connectivity index (χ4n) is 3.01. The maximum Gasteiger partial charge on any atom is 0.276 e. The minimum absolute atomic E-state index is 0.0678. The molecule has 5 heteroatoms. The lowest BCUT2D eigenvalue weighted by Gasteiger charge is -2.22. The van der Waals surface area contributed by atoms with E-state index < -0.39 is 0 Å². The number of hydrogen-bond acceptors (Lipinski definition) is 3. The van der Waals surface area contributed by atoms with Gasteiger partial charge in [-0.2, -0.15) is 0 Å². The summed E-state index contributed by atoms with van der Waals surface area (Å²) in [6.45, 7) is 4.15. The van der Waals surface area contributed by atoms with Crippen molar-refractivity contribution in [3.63, 3.8) is 0 Å². The normalized spacial score (nSPS) is 12.8. The Morgan fingerprint density at radius 1 is 1.20 bits per heavy atom. The van der Waals surface area contributed by atoms with Gasteiger partial charge in [0.15, 0.2) is 6.61 Å². The summed E-state index contributed by atoms with van der Waals surface area (Å²) in [5.74, 6) is 0.361. The first-order chi connectivity index (χ1) is 12.0. The molecule has 0 bridgehead atoms. The van der Waals surface area contributed by atoms with E-state index in [1.807, 2.05) is 0 Å². The van der Waals surface area contributed by atoms with Crippen LogP contribution in [-0.4, -0.2) is 12.5 Å². The Balaban J connectivity index is 1.58. The fourth-order valence-corrected chi connectivity index (χ4v) is 3.14. The Bertz CT molecular complexity index is 813. The number of aryl methyl sites for hydroxylation is 2. The van der Waals surface area contributed by atoms with Crippen molar-refractivity contribution in [2.45, 2.75) is 26.7 Å². The zero-order chi connectivity index (χ0) is 17.8. The second-order valence-electron chi connectivity index (χ2n) is 6.18. The van der Waals surface area contributed by atoms with Crippen LogP contribution in [0, 0.1) is 13.8 Å². The molecule has 3 rings (SSSR count). The number of hydrogen-bond donors (Lipinski definition) is 2. The zero-order valence-corrected chi connectivity index (χ0v) is 15.1. The maximum atomic E-state index is 12.0. The Morgan fingerprint density at radius 2 is 1.96 bits per heavy atom. The van der Waals surface area contributed by atoms with Crippen LogP contribution in [0.1, 0.15) is 28.7 Å². The smallest absolute Gasteiger partial charge is 0.276 e. The van der Waals surface area contributed by atoms with Crippen molar-refractivity contribution in [2.75, 3.05) is 6.61 Å². The van der Waals surface area contributed by atoms with Crippen LogP contribution in [0.15, 0.2) is 42.5 Å². The highest BCUT2D eigenvalue weighted by Gasteiger charge is 2.15. The number of halogens is 1. The summed E-state index contributed by atoms with van der Waals surface area (Å²) in [4.78, 5) is 12.0. The first-order valence-corrected chi connectivity index (χ1v) is 8.64. The monoisotopic (exact) mass is 356 g/mol. The summed E-state index contributed by atoms with van der Waals surface area (Å²) < 4.78 is 5.44. The number of nitrogens with one attached hydrogen (secondary N) is 2. The van der Waals surface area contributed by atoms with Crippen molar-refractivity contribution in [2.24, 2.45) is 0 Å². The van der Waals surface area contributed by atoms with Crippen LogP contribution < -0.4 is 15.6 Å². The number of hydrazine groups is 1. The van der Waals surface area contributed by atoms with E-state index in [2.05, 4.69) is 42.9 Å². The number of carbonyl (C=O) groups excluding carboxylic acids is 1. The van der Waals surface area contributed by atoms with Crippen molar-refractivity contribution in [1.82, 2.24) is 10.9 Å². The van der Waals surface area contributed by atoms with Gasteiger partial charge in [-0.3, -0.25) is 15.6 Å². The fraction of sp³-hybridized carbons (Fsp3) is 0.250. The van der Waals surface area contributed by atoms with Crippen molar-refractivity contribution in [1.29, 1.82) is 0 Å². The van der Waals surface area contributed by atoms with E-state index in [1.165, 1.54) is 16.7 Å². The molecule has 130 valence electrons. The number of fused-ring (bicyclic) bond motifs is 1. The summed E-state index contributed by atoms with van der Waals surface area (Å²) in [6, 6.07) is 11.3. The minimum atomic E-state index is -0.243. The molecule has 0 radical (unpaired) electrons. The molecule has 2 N–H and O–H groups in total. The molecule has 0 fully saturated rings. The van der Waals surface area contributed by atoms with E-state index in [0.29, 0.717) is 10.8 Å². The van der Waals surface area contributed by atoms with Crippen LogP contribution in [-0.2, 0) is 11.2 Å². The molecule has 0 heterocycles. The molecule has 1 aliphatic carbocycles. The second kappa shape index (κ2) is 7.62. The van der Waals surface area contributed by atoms with Gasteiger partial charge in [0, 0.05) is 10.6 Å². The molecule has 0 aliphatic heterocycles. The van der Waals surface area contributed by atoms with Crippen molar-refractivity contribution < 1.29 is 9.53 Å². The third-order valence-electron chi connectivity index (χ3n) is 4.17. The first-order valence-electron chi connectivity index (χ1n) is 8.27. The summed E-state index contributed by atoms with van der Waals surface area (Å²) >= 11 is 5.82. The van der Waals surface area contributed by atoms with E-state index in [0.717, 1.165) is 24.1 Å². The van der Waals surface area contributed by atoms with Gasteiger partial charge < -0.3 is 4.74 Å².